The van der Waals surface area contributed by atoms with Crippen molar-refractivity contribution >= 4 is 5.78 Å². The molecule has 0 amide bonds. The van der Waals surface area contributed by atoms with Gasteiger partial charge in [0.05, 0.1) is 24.9 Å². The molecule has 0 radical (unpaired) electrons. The van der Waals surface area contributed by atoms with E-state index in [1.54, 1.807) is 13.8 Å². The first-order valence-corrected chi connectivity index (χ1v) is 16.1. The first kappa shape index (κ1) is 32.0. The van der Waals surface area contributed by atoms with Crippen molar-refractivity contribution < 1.29 is 54.4 Å². The normalized spacial score (nSPS) is 55.1. The number of hydrogen-bond donors (Lipinski definition) is 6. The molecule has 0 aromatic rings. The minimum absolute atomic E-state index is 0.0287. The van der Waals surface area contributed by atoms with Gasteiger partial charge < -0.3 is 49.6 Å². The lowest BCUT2D eigenvalue weighted by molar-refractivity contribution is -0.356. The van der Waals surface area contributed by atoms with Gasteiger partial charge in [0.25, 0.3) is 0 Å². The van der Waals surface area contributed by atoms with E-state index in [1.165, 1.54) is 0 Å². The Kier molecular flexibility index (Phi) is 8.68. The van der Waals surface area contributed by atoms with Crippen LogP contribution in [0.25, 0.3) is 0 Å². The maximum Gasteiger partial charge on any atom is 0.186 e. The monoisotopic (exact) mass is 610 g/mol. The number of hydrogen-bond acceptors (Lipinski definition) is 11. The molecule has 244 valence electrons. The van der Waals surface area contributed by atoms with Gasteiger partial charge in [-0.1, -0.05) is 19.9 Å². The van der Waals surface area contributed by atoms with E-state index in [2.05, 4.69) is 19.9 Å². The van der Waals surface area contributed by atoms with Crippen LogP contribution in [0.5, 0.6) is 0 Å². The molecule has 3 saturated carbocycles. The number of Topliss-reactive ketones (excluding diaryl/α,β-unsaturated/α-hetero) is 1. The first-order valence-electron chi connectivity index (χ1n) is 16.1. The molecule has 4 aliphatic carbocycles. The number of carbonyl (C=O) groups excluding carboxylic acids is 1. The number of ether oxygens (including phenoxy) is 4. The van der Waals surface area contributed by atoms with Crippen LogP contribution in [0, 0.1) is 34.5 Å². The Morgan fingerprint density at radius 1 is 0.884 bits per heavy atom. The van der Waals surface area contributed by atoms with Crippen molar-refractivity contribution in [1.29, 1.82) is 0 Å². The van der Waals surface area contributed by atoms with E-state index in [4.69, 9.17) is 18.9 Å². The third-order valence-corrected chi connectivity index (χ3v) is 12.4. The molecular formula is C32H50O11. The lowest BCUT2D eigenvalue weighted by atomic mass is 9.44. The maximum absolute atomic E-state index is 12.6. The molecule has 11 heteroatoms. The Morgan fingerprint density at radius 3 is 2.35 bits per heavy atom. The molecule has 6 aliphatic rings. The number of ketones is 1. The average Bonchev–Trinajstić information content (AvgIpc) is 3.32. The predicted molar refractivity (Wildman–Crippen MR) is 151 cm³/mol. The van der Waals surface area contributed by atoms with Gasteiger partial charge in [-0.15, -0.1) is 0 Å². The number of carbonyl (C=O) groups is 1. The largest absolute Gasteiger partial charge is 0.393 e. The van der Waals surface area contributed by atoms with Crippen LogP contribution < -0.4 is 0 Å². The molecule has 0 aromatic carbocycles. The van der Waals surface area contributed by atoms with E-state index in [9.17, 15) is 35.4 Å². The molecule has 6 rings (SSSR count). The molecule has 11 nitrogen and oxygen atoms in total. The summed E-state index contributed by atoms with van der Waals surface area (Å²) in [7, 11) is 0. The van der Waals surface area contributed by atoms with Gasteiger partial charge in [0.1, 0.15) is 36.6 Å². The maximum atomic E-state index is 12.6. The van der Waals surface area contributed by atoms with Crippen molar-refractivity contribution in [2.24, 2.45) is 34.5 Å². The minimum atomic E-state index is -1.58. The van der Waals surface area contributed by atoms with Gasteiger partial charge >= 0.3 is 0 Å². The second-order valence-electron chi connectivity index (χ2n) is 14.7. The molecule has 2 heterocycles. The minimum Gasteiger partial charge on any atom is -0.393 e. The second kappa shape index (κ2) is 11.7. The van der Waals surface area contributed by atoms with Crippen LogP contribution in [0.3, 0.4) is 0 Å². The SMILES string of the molecule is CC(=O)C1=CCC2C3CC(OC4OC(C)C(O)C(OC5OCC(O)C(O)C5O)C4O)C4CC(O)CCC4(C)C3CCC12C. The zero-order valence-corrected chi connectivity index (χ0v) is 25.6. The van der Waals surface area contributed by atoms with E-state index >= 15 is 0 Å². The van der Waals surface area contributed by atoms with Gasteiger partial charge in [-0.05, 0) is 98.9 Å². The second-order valence-corrected chi connectivity index (χ2v) is 14.7. The van der Waals surface area contributed by atoms with E-state index in [0.29, 0.717) is 30.6 Å². The summed E-state index contributed by atoms with van der Waals surface area (Å²) in [5.74, 6) is 1.21. The third kappa shape index (κ3) is 5.25. The number of allylic oxidation sites excluding steroid dienone is 2. The Hall–Kier alpha value is -0.990. The number of fused-ring (bicyclic) bond motifs is 5. The molecular weight excluding hydrogens is 560 g/mol. The quantitative estimate of drug-likeness (QED) is 0.243. The van der Waals surface area contributed by atoms with Crippen molar-refractivity contribution in [3.05, 3.63) is 11.6 Å². The topological polar surface area (TPSA) is 175 Å². The zero-order chi connectivity index (χ0) is 31.0. The van der Waals surface area contributed by atoms with Crippen LogP contribution in [-0.2, 0) is 23.7 Å². The molecule has 0 aromatic heterocycles. The summed E-state index contributed by atoms with van der Waals surface area (Å²) in [6.07, 6.45) is -4.57. The Labute approximate surface area is 253 Å². The van der Waals surface area contributed by atoms with Gasteiger partial charge in [0, 0.05) is 0 Å². The first-order chi connectivity index (χ1) is 20.3. The highest BCUT2D eigenvalue weighted by Gasteiger charge is 2.62. The van der Waals surface area contributed by atoms with Crippen molar-refractivity contribution in [3.63, 3.8) is 0 Å². The van der Waals surface area contributed by atoms with E-state index in [-0.39, 0.29) is 35.2 Å². The molecule has 2 saturated heterocycles. The van der Waals surface area contributed by atoms with Gasteiger partial charge in [0.15, 0.2) is 18.4 Å². The lowest BCUT2D eigenvalue weighted by Crippen LogP contribution is -2.64. The summed E-state index contributed by atoms with van der Waals surface area (Å²) >= 11 is 0. The van der Waals surface area contributed by atoms with Crippen molar-refractivity contribution in [2.75, 3.05) is 6.61 Å². The number of aliphatic hydroxyl groups excluding tert-OH is 6. The Morgan fingerprint density at radius 2 is 1.63 bits per heavy atom. The Balaban J connectivity index is 1.24. The van der Waals surface area contributed by atoms with Crippen molar-refractivity contribution in [2.45, 2.75) is 140 Å². The van der Waals surface area contributed by atoms with Gasteiger partial charge in [-0.25, -0.2) is 0 Å². The lowest BCUT2D eigenvalue weighted by Gasteiger charge is -2.62. The molecule has 17 atom stereocenters. The summed E-state index contributed by atoms with van der Waals surface area (Å²) < 4.78 is 23.9. The average molecular weight is 611 g/mol. The van der Waals surface area contributed by atoms with Crippen LogP contribution in [0.15, 0.2) is 11.6 Å². The summed E-state index contributed by atoms with van der Waals surface area (Å²) in [4.78, 5) is 12.6. The summed E-state index contributed by atoms with van der Waals surface area (Å²) in [6, 6.07) is 0. The zero-order valence-electron chi connectivity index (χ0n) is 25.6. The van der Waals surface area contributed by atoms with Crippen LogP contribution in [0.1, 0.15) is 72.6 Å². The van der Waals surface area contributed by atoms with Crippen LogP contribution in [0.4, 0.5) is 0 Å². The van der Waals surface area contributed by atoms with E-state index in [0.717, 1.165) is 37.7 Å². The van der Waals surface area contributed by atoms with Crippen molar-refractivity contribution in [1.82, 2.24) is 0 Å². The Bertz CT molecular complexity index is 1080. The van der Waals surface area contributed by atoms with Crippen LogP contribution in [-0.4, -0.2) is 111 Å². The molecule has 43 heavy (non-hydrogen) atoms. The fourth-order valence-corrected chi connectivity index (χ4v) is 10.0. The molecule has 5 fully saturated rings. The highest BCUT2D eigenvalue weighted by atomic mass is 16.7. The number of rotatable bonds is 5. The predicted octanol–water partition coefficient (Wildman–Crippen LogP) is 0.801. The molecule has 0 spiro atoms. The highest BCUT2D eigenvalue weighted by molar-refractivity contribution is 5.95. The molecule has 0 bridgehead atoms. The molecule has 6 N–H and O–H groups in total. The summed E-state index contributed by atoms with van der Waals surface area (Å²) in [5.41, 5.74) is 0.676. The van der Waals surface area contributed by atoms with Crippen LogP contribution >= 0.6 is 0 Å². The molecule has 2 aliphatic heterocycles. The molecule has 17 unspecified atom stereocenters. The summed E-state index contributed by atoms with van der Waals surface area (Å²) in [6.45, 7) is 7.59. The highest BCUT2D eigenvalue weighted by Crippen LogP contribution is 2.66. The fourth-order valence-electron chi connectivity index (χ4n) is 10.0. The third-order valence-electron chi connectivity index (χ3n) is 12.4. The van der Waals surface area contributed by atoms with E-state index < -0.39 is 61.4 Å². The van der Waals surface area contributed by atoms with Gasteiger partial charge in [0.2, 0.25) is 0 Å². The van der Waals surface area contributed by atoms with Gasteiger partial charge in [-0.3, -0.25) is 4.79 Å². The number of aliphatic hydroxyl groups is 6. The van der Waals surface area contributed by atoms with Gasteiger partial charge in [-0.2, -0.15) is 0 Å². The standard InChI is InChI=1S/C32H50O11/c1-14(33)18-5-6-19-17-12-23(21-11-16(34)7-9-32(21,4)20(17)8-10-31(18,19)3)42-30-27(39)28(24(36)15(2)41-30)43-29-26(38)25(37)22(35)13-40-29/h5,15-17,19-30,34-39H,6-13H2,1-4H3. The van der Waals surface area contributed by atoms with E-state index in [1.807, 2.05) is 0 Å². The fraction of sp³-hybridized carbons (Fsp3) is 0.906. The summed E-state index contributed by atoms with van der Waals surface area (Å²) in [5, 5.41) is 63.4. The van der Waals surface area contributed by atoms with Crippen LogP contribution in [0.2, 0.25) is 0 Å². The smallest absolute Gasteiger partial charge is 0.186 e. The van der Waals surface area contributed by atoms with Crippen molar-refractivity contribution in [3.8, 4) is 0 Å².